The van der Waals surface area contributed by atoms with E-state index in [-0.39, 0.29) is 6.23 Å². The molecule has 2 N–H and O–H groups in total. The number of benzene rings is 2. The minimum atomic E-state index is 0.00698. The summed E-state index contributed by atoms with van der Waals surface area (Å²) in [4.78, 5) is 8.88. The molecule has 0 radical (unpaired) electrons. The van der Waals surface area contributed by atoms with E-state index in [1.165, 1.54) is 5.56 Å². The molecule has 4 rings (SSSR count). The Kier molecular flexibility index (Phi) is 9.15. The first-order chi connectivity index (χ1) is 17.2. The number of aromatic nitrogens is 2. The van der Waals surface area contributed by atoms with E-state index >= 15 is 0 Å². The molecule has 0 aliphatic heterocycles. The van der Waals surface area contributed by atoms with E-state index in [9.17, 15) is 0 Å². The summed E-state index contributed by atoms with van der Waals surface area (Å²) >= 11 is 1.62. The molecule has 180 valence electrons. The van der Waals surface area contributed by atoms with Crippen LogP contribution in [0, 0.1) is 0 Å². The fourth-order valence-electron chi connectivity index (χ4n) is 3.43. The molecular weight excluding hydrogens is 456 g/mol. The number of ether oxygens (including phenoxy) is 2. The predicted octanol–water partition coefficient (Wildman–Crippen LogP) is 6.43. The van der Waals surface area contributed by atoms with Gasteiger partial charge in [-0.15, -0.1) is 5.73 Å². The first kappa shape index (κ1) is 24.8. The third-order valence-electron chi connectivity index (χ3n) is 5.35. The Morgan fingerprint density at radius 3 is 2.91 bits per heavy atom. The highest BCUT2D eigenvalue weighted by Crippen LogP contribution is 2.25. The fourth-order valence-corrected chi connectivity index (χ4v) is 4.19. The Balaban J connectivity index is 1.40. The summed E-state index contributed by atoms with van der Waals surface area (Å²) in [6.07, 6.45) is 9.87. The van der Waals surface area contributed by atoms with Crippen LogP contribution in [0.2, 0.25) is 0 Å². The summed E-state index contributed by atoms with van der Waals surface area (Å²) in [5.41, 5.74) is 8.30. The summed E-state index contributed by atoms with van der Waals surface area (Å²) in [6, 6.07) is 18.2. The van der Waals surface area contributed by atoms with Crippen LogP contribution >= 0.6 is 11.9 Å². The number of hydrogen-bond donors (Lipinski definition) is 2. The number of nitrogens with zero attached hydrogens (tertiary/aromatic N) is 2. The quantitative estimate of drug-likeness (QED) is 0.184. The summed E-state index contributed by atoms with van der Waals surface area (Å²) in [6.45, 7) is 2.50. The zero-order chi connectivity index (χ0) is 24.3. The van der Waals surface area contributed by atoms with Crippen molar-refractivity contribution in [3.8, 4) is 17.0 Å². The van der Waals surface area contributed by atoms with Crippen molar-refractivity contribution in [2.75, 3.05) is 19.0 Å². The van der Waals surface area contributed by atoms with Crippen molar-refractivity contribution in [2.24, 2.45) is 0 Å². The first-order valence-electron chi connectivity index (χ1n) is 11.6. The number of anilines is 2. The van der Waals surface area contributed by atoms with Crippen LogP contribution < -0.4 is 14.8 Å². The van der Waals surface area contributed by atoms with E-state index in [4.69, 9.17) is 9.47 Å². The molecule has 0 fully saturated rings. The number of rotatable bonds is 11. The van der Waals surface area contributed by atoms with Crippen LogP contribution in [0.5, 0.6) is 5.75 Å². The topological polar surface area (TPSA) is 68.3 Å². The van der Waals surface area contributed by atoms with Gasteiger partial charge in [0, 0.05) is 30.2 Å². The first-order valence-corrected chi connectivity index (χ1v) is 12.6. The van der Waals surface area contributed by atoms with Crippen molar-refractivity contribution >= 4 is 23.5 Å². The molecular formula is C28H30N4O2S. The normalized spacial score (nSPS) is 13.7. The molecule has 6 nitrogen and oxygen atoms in total. The van der Waals surface area contributed by atoms with Crippen molar-refractivity contribution in [3.05, 3.63) is 96.0 Å². The van der Waals surface area contributed by atoms with Gasteiger partial charge < -0.3 is 14.8 Å². The second-order valence-corrected chi connectivity index (χ2v) is 8.90. The smallest absolute Gasteiger partial charge is 0.134 e. The lowest BCUT2D eigenvalue weighted by Crippen LogP contribution is -2.20. The molecule has 1 atom stereocenters. The van der Waals surface area contributed by atoms with Gasteiger partial charge in [0.15, 0.2) is 0 Å². The largest absolute Gasteiger partial charge is 0.489 e. The molecule has 0 saturated carbocycles. The number of hydrogen-bond acceptors (Lipinski definition) is 7. The molecule has 7 heteroatoms. The van der Waals surface area contributed by atoms with Crippen molar-refractivity contribution in [1.29, 1.82) is 0 Å². The molecule has 1 aliphatic rings. The van der Waals surface area contributed by atoms with Gasteiger partial charge in [0.25, 0.3) is 0 Å². The Hall–Kier alpha value is -3.35. The fraction of sp³-hybridized carbons (Fsp3) is 0.250. The molecule has 35 heavy (non-hydrogen) atoms. The third-order valence-corrected chi connectivity index (χ3v) is 6.32. The lowest BCUT2D eigenvalue weighted by Gasteiger charge is -2.12. The minimum absolute atomic E-state index is 0.00698. The molecule has 1 unspecified atom stereocenters. The van der Waals surface area contributed by atoms with E-state index in [1.54, 1.807) is 25.4 Å². The molecule has 1 aromatic heterocycles. The van der Waals surface area contributed by atoms with Gasteiger partial charge >= 0.3 is 0 Å². The van der Waals surface area contributed by atoms with E-state index in [0.29, 0.717) is 6.61 Å². The van der Waals surface area contributed by atoms with Crippen molar-refractivity contribution in [3.63, 3.8) is 0 Å². The van der Waals surface area contributed by atoms with Crippen LogP contribution in [-0.4, -0.2) is 29.9 Å². The Morgan fingerprint density at radius 2 is 2.00 bits per heavy atom. The summed E-state index contributed by atoms with van der Waals surface area (Å²) < 4.78 is 14.5. The standard InChI is InChI=1S/C28H30N4O2S/c1-21(33-2)32-35-19-23-11-7-13-25(15-23)31-28-17-27(29-20-30-28)24-12-8-14-26(16-24)34-18-22-9-5-3-4-6-10-22/h3,7-17,20-21,32H,4,6,18-19H2,1-2H3,(H,29,30,31). The maximum Gasteiger partial charge on any atom is 0.134 e. The van der Waals surface area contributed by atoms with Crippen LogP contribution in [-0.2, 0) is 10.5 Å². The molecule has 0 saturated heterocycles. The lowest BCUT2D eigenvalue weighted by molar-refractivity contribution is 0.112. The number of allylic oxidation sites excluding steroid dienone is 1. The monoisotopic (exact) mass is 486 g/mol. The van der Waals surface area contributed by atoms with Crippen LogP contribution in [0.1, 0.15) is 25.3 Å². The average molecular weight is 487 g/mol. The summed E-state index contributed by atoms with van der Waals surface area (Å²) in [5.74, 6) is 2.37. The van der Waals surface area contributed by atoms with Gasteiger partial charge in [-0.3, -0.25) is 0 Å². The third kappa shape index (κ3) is 7.84. The molecule has 1 heterocycles. The predicted molar refractivity (Wildman–Crippen MR) is 144 cm³/mol. The highest BCUT2D eigenvalue weighted by atomic mass is 32.2. The zero-order valence-electron chi connectivity index (χ0n) is 20.0. The molecule has 0 spiro atoms. The van der Waals surface area contributed by atoms with Crippen molar-refractivity contribution < 1.29 is 9.47 Å². The second-order valence-electron chi connectivity index (χ2n) is 8.09. The molecule has 0 bridgehead atoms. The van der Waals surface area contributed by atoms with Gasteiger partial charge in [-0.2, -0.15) is 0 Å². The Morgan fingerprint density at radius 1 is 1.09 bits per heavy atom. The van der Waals surface area contributed by atoms with Gasteiger partial charge in [0.2, 0.25) is 0 Å². The van der Waals surface area contributed by atoms with E-state index < -0.39 is 0 Å². The summed E-state index contributed by atoms with van der Waals surface area (Å²) in [7, 11) is 1.69. The number of methoxy groups -OCH3 is 1. The second kappa shape index (κ2) is 12.9. The molecule has 1 aliphatic carbocycles. The van der Waals surface area contributed by atoms with Crippen molar-refractivity contribution in [1.82, 2.24) is 14.7 Å². The van der Waals surface area contributed by atoms with Gasteiger partial charge in [-0.05, 0) is 67.3 Å². The lowest BCUT2D eigenvalue weighted by atomic mass is 10.1. The Bertz CT molecular complexity index is 1220. The molecule has 3 aromatic rings. The zero-order valence-corrected chi connectivity index (χ0v) is 20.8. The maximum atomic E-state index is 6.03. The summed E-state index contributed by atoms with van der Waals surface area (Å²) in [5, 5.41) is 3.40. The molecule has 2 aromatic carbocycles. The highest BCUT2D eigenvalue weighted by Gasteiger charge is 2.06. The van der Waals surface area contributed by atoms with Gasteiger partial charge in [-0.1, -0.05) is 42.3 Å². The van der Waals surface area contributed by atoms with Crippen LogP contribution in [0.4, 0.5) is 11.5 Å². The van der Waals surface area contributed by atoms with Gasteiger partial charge in [0.05, 0.1) is 5.69 Å². The number of nitrogens with one attached hydrogen (secondary N) is 2. The van der Waals surface area contributed by atoms with E-state index in [1.807, 2.05) is 55.5 Å². The van der Waals surface area contributed by atoms with Crippen LogP contribution in [0.25, 0.3) is 11.3 Å². The van der Waals surface area contributed by atoms with E-state index in [0.717, 1.165) is 52.7 Å². The molecule has 0 amide bonds. The average Bonchev–Trinajstić information content (AvgIpc) is 3.17. The Labute approximate surface area is 211 Å². The van der Waals surface area contributed by atoms with Gasteiger partial charge in [0.1, 0.15) is 30.7 Å². The minimum Gasteiger partial charge on any atom is -0.489 e. The van der Waals surface area contributed by atoms with Crippen LogP contribution in [0.15, 0.2) is 90.5 Å². The van der Waals surface area contributed by atoms with Gasteiger partial charge in [-0.25, -0.2) is 14.7 Å². The SMILES string of the molecule is COC(C)NSCc1cccc(Nc2cc(-c3cccc(OCC4=CCCC=C=C4)c3)ncn2)c1. The van der Waals surface area contributed by atoms with E-state index in [2.05, 4.69) is 50.0 Å². The highest BCUT2D eigenvalue weighted by molar-refractivity contribution is 7.96. The van der Waals surface area contributed by atoms with Crippen molar-refractivity contribution in [2.45, 2.75) is 31.7 Å². The maximum absolute atomic E-state index is 6.03. The van der Waals surface area contributed by atoms with Crippen LogP contribution in [0.3, 0.4) is 0 Å².